The van der Waals surface area contributed by atoms with Gasteiger partial charge < -0.3 is 10.4 Å². The molecule has 0 saturated heterocycles. The van der Waals surface area contributed by atoms with Crippen molar-refractivity contribution >= 4 is 11.9 Å². The Hall–Kier alpha value is -1.06. The number of carboxylic acids is 1. The van der Waals surface area contributed by atoms with Crippen LogP contribution in [0, 0.1) is 11.3 Å². The summed E-state index contributed by atoms with van der Waals surface area (Å²) in [7, 11) is 0. The zero-order chi connectivity index (χ0) is 15.2. The number of amides is 1. The van der Waals surface area contributed by atoms with Crippen molar-refractivity contribution in [2.75, 3.05) is 0 Å². The Kier molecular flexibility index (Phi) is 6.50. The van der Waals surface area contributed by atoms with E-state index >= 15 is 0 Å². The lowest BCUT2D eigenvalue weighted by Crippen LogP contribution is -2.42. The van der Waals surface area contributed by atoms with Gasteiger partial charge in [-0.25, -0.2) is 0 Å². The van der Waals surface area contributed by atoms with Crippen molar-refractivity contribution in [3.63, 3.8) is 0 Å². The van der Waals surface area contributed by atoms with Crippen molar-refractivity contribution in [2.24, 2.45) is 11.3 Å². The maximum absolute atomic E-state index is 12.1. The van der Waals surface area contributed by atoms with E-state index in [1.54, 1.807) is 0 Å². The number of rotatable bonds is 7. The second-order valence-electron chi connectivity index (χ2n) is 6.16. The summed E-state index contributed by atoms with van der Waals surface area (Å²) in [6.45, 7) is 5.90. The molecule has 1 fully saturated rings. The van der Waals surface area contributed by atoms with Crippen LogP contribution in [0.4, 0.5) is 0 Å². The maximum atomic E-state index is 12.1. The first-order valence-electron chi connectivity index (χ1n) is 8.00. The highest BCUT2D eigenvalue weighted by Gasteiger charge is 2.37. The fourth-order valence-electron chi connectivity index (χ4n) is 3.18. The van der Waals surface area contributed by atoms with Crippen LogP contribution in [0.5, 0.6) is 0 Å². The molecule has 1 saturated carbocycles. The highest BCUT2D eigenvalue weighted by Crippen LogP contribution is 2.31. The highest BCUT2D eigenvalue weighted by molar-refractivity contribution is 5.85. The lowest BCUT2D eigenvalue weighted by atomic mass is 9.78. The van der Waals surface area contributed by atoms with E-state index in [4.69, 9.17) is 0 Å². The lowest BCUT2D eigenvalue weighted by molar-refractivity contribution is -0.152. The minimum atomic E-state index is -0.898. The number of aliphatic carboxylic acids is 1. The SMILES string of the molecule is CCC1CCC(NC(=O)CC(CC)(CC)C(=O)O)CC1. The molecule has 1 aliphatic rings. The molecule has 0 unspecified atom stereocenters. The van der Waals surface area contributed by atoms with Crippen LogP contribution < -0.4 is 5.32 Å². The second kappa shape index (κ2) is 7.65. The quantitative estimate of drug-likeness (QED) is 0.753. The topological polar surface area (TPSA) is 66.4 Å². The molecule has 0 aliphatic heterocycles. The number of carbonyl (C=O) groups is 2. The van der Waals surface area contributed by atoms with Crippen molar-refractivity contribution in [2.45, 2.75) is 78.2 Å². The Morgan fingerprint density at radius 1 is 1.10 bits per heavy atom. The van der Waals surface area contributed by atoms with Crippen molar-refractivity contribution in [3.8, 4) is 0 Å². The lowest BCUT2D eigenvalue weighted by Gasteiger charge is -2.30. The number of carbonyl (C=O) groups excluding carboxylic acids is 1. The molecule has 0 radical (unpaired) electrons. The van der Waals surface area contributed by atoms with Gasteiger partial charge in [0.25, 0.3) is 0 Å². The van der Waals surface area contributed by atoms with Gasteiger partial charge >= 0.3 is 5.97 Å². The van der Waals surface area contributed by atoms with E-state index in [0.29, 0.717) is 12.8 Å². The predicted octanol–water partition coefficient (Wildman–Crippen LogP) is 3.35. The minimum absolute atomic E-state index is 0.100. The first kappa shape index (κ1) is 17.0. The van der Waals surface area contributed by atoms with Gasteiger partial charge in [-0.05, 0) is 44.4 Å². The Bertz CT molecular complexity index is 329. The average molecular weight is 283 g/mol. The Morgan fingerprint density at radius 2 is 1.65 bits per heavy atom. The molecule has 20 heavy (non-hydrogen) atoms. The summed E-state index contributed by atoms with van der Waals surface area (Å²) < 4.78 is 0. The van der Waals surface area contributed by atoms with E-state index in [0.717, 1.165) is 18.8 Å². The van der Waals surface area contributed by atoms with Crippen molar-refractivity contribution in [1.29, 1.82) is 0 Å². The van der Waals surface area contributed by atoms with Gasteiger partial charge in [-0.1, -0.05) is 27.2 Å². The summed E-state index contributed by atoms with van der Waals surface area (Å²) in [6, 6.07) is 0.241. The summed E-state index contributed by atoms with van der Waals surface area (Å²) in [4.78, 5) is 23.5. The van der Waals surface area contributed by atoms with Crippen LogP contribution in [0.15, 0.2) is 0 Å². The zero-order valence-corrected chi connectivity index (χ0v) is 13.1. The van der Waals surface area contributed by atoms with Crippen LogP contribution in [0.25, 0.3) is 0 Å². The van der Waals surface area contributed by atoms with Gasteiger partial charge in [0.2, 0.25) is 5.91 Å². The third-order valence-corrected chi connectivity index (χ3v) is 5.10. The highest BCUT2D eigenvalue weighted by atomic mass is 16.4. The smallest absolute Gasteiger partial charge is 0.310 e. The summed E-state index contributed by atoms with van der Waals surface area (Å²) in [5, 5.41) is 12.4. The van der Waals surface area contributed by atoms with E-state index < -0.39 is 11.4 Å². The summed E-state index contributed by atoms with van der Waals surface area (Å²) in [6.07, 6.45) is 6.71. The fourth-order valence-corrected chi connectivity index (χ4v) is 3.18. The molecular weight excluding hydrogens is 254 g/mol. The third kappa shape index (κ3) is 4.22. The first-order valence-corrected chi connectivity index (χ1v) is 8.00. The molecule has 0 aromatic rings. The third-order valence-electron chi connectivity index (χ3n) is 5.10. The van der Waals surface area contributed by atoms with Crippen LogP contribution in [0.1, 0.15) is 72.1 Å². The van der Waals surface area contributed by atoms with Crippen LogP contribution in [0.2, 0.25) is 0 Å². The molecule has 0 aromatic carbocycles. The van der Waals surface area contributed by atoms with Crippen LogP contribution in [-0.4, -0.2) is 23.0 Å². The van der Waals surface area contributed by atoms with Crippen molar-refractivity contribution in [1.82, 2.24) is 5.32 Å². The Balaban J connectivity index is 2.49. The summed E-state index contributed by atoms with van der Waals surface area (Å²) in [5.41, 5.74) is -0.898. The molecule has 2 N–H and O–H groups in total. The zero-order valence-electron chi connectivity index (χ0n) is 13.1. The summed E-state index contributed by atoms with van der Waals surface area (Å²) in [5.74, 6) is -0.157. The monoisotopic (exact) mass is 283 g/mol. The van der Waals surface area contributed by atoms with E-state index in [9.17, 15) is 14.7 Å². The first-order chi connectivity index (χ1) is 9.47. The average Bonchev–Trinajstić information content (AvgIpc) is 2.45. The van der Waals surface area contributed by atoms with E-state index in [-0.39, 0.29) is 18.4 Å². The molecule has 0 bridgehead atoms. The molecule has 4 nitrogen and oxygen atoms in total. The van der Waals surface area contributed by atoms with Crippen LogP contribution >= 0.6 is 0 Å². The molecule has 1 amide bonds. The Morgan fingerprint density at radius 3 is 2.05 bits per heavy atom. The molecule has 0 aromatic heterocycles. The van der Waals surface area contributed by atoms with E-state index in [2.05, 4.69) is 12.2 Å². The second-order valence-corrected chi connectivity index (χ2v) is 6.16. The minimum Gasteiger partial charge on any atom is -0.481 e. The van der Waals surface area contributed by atoms with Gasteiger partial charge in [0.1, 0.15) is 0 Å². The van der Waals surface area contributed by atoms with Crippen molar-refractivity contribution in [3.05, 3.63) is 0 Å². The molecular formula is C16H29NO3. The number of carboxylic acid groups (broad SMARTS) is 1. The molecule has 116 valence electrons. The fraction of sp³-hybridized carbons (Fsp3) is 0.875. The van der Waals surface area contributed by atoms with Gasteiger partial charge in [-0.15, -0.1) is 0 Å². The molecule has 0 atom stereocenters. The predicted molar refractivity (Wildman–Crippen MR) is 79.4 cm³/mol. The maximum Gasteiger partial charge on any atom is 0.310 e. The number of hydrogen-bond acceptors (Lipinski definition) is 2. The normalized spacial score (nSPS) is 23.4. The van der Waals surface area contributed by atoms with Gasteiger partial charge in [-0.3, -0.25) is 9.59 Å². The van der Waals surface area contributed by atoms with Gasteiger partial charge in [0.05, 0.1) is 5.41 Å². The van der Waals surface area contributed by atoms with Crippen LogP contribution in [-0.2, 0) is 9.59 Å². The van der Waals surface area contributed by atoms with Gasteiger partial charge in [0, 0.05) is 12.5 Å². The summed E-state index contributed by atoms with van der Waals surface area (Å²) >= 11 is 0. The Labute approximate surface area is 122 Å². The molecule has 0 heterocycles. The van der Waals surface area contributed by atoms with E-state index in [1.807, 2.05) is 13.8 Å². The molecule has 1 aliphatic carbocycles. The number of hydrogen-bond donors (Lipinski definition) is 2. The van der Waals surface area contributed by atoms with Crippen molar-refractivity contribution < 1.29 is 14.7 Å². The standard InChI is InChI=1S/C16H29NO3/c1-4-12-7-9-13(10-8-12)17-14(18)11-16(5-2,6-3)15(19)20/h12-13H,4-11H2,1-3H3,(H,17,18)(H,19,20). The largest absolute Gasteiger partial charge is 0.481 e. The molecule has 4 heteroatoms. The van der Waals surface area contributed by atoms with Gasteiger partial charge in [0.15, 0.2) is 0 Å². The van der Waals surface area contributed by atoms with Crippen LogP contribution in [0.3, 0.4) is 0 Å². The number of nitrogens with one attached hydrogen (secondary N) is 1. The van der Waals surface area contributed by atoms with Gasteiger partial charge in [-0.2, -0.15) is 0 Å². The molecule has 1 rings (SSSR count). The van der Waals surface area contributed by atoms with E-state index in [1.165, 1.54) is 19.3 Å². The molecule has 0 spiro atoms.